The summed E-state index contributed by atoms with van der Waals surface area (Å²) in [7, 11) is 1.86. The smallest absolute Gasteiger partial charge is 0.246 e. The van der Waals surface area contributed by atoms with Gasteiger partial charge in [-0.2, -0.15) is 5.26 Å². The maximum atomic E-state index is 13.2. The fraction of sp³-hybridized carbons (Fsp3) is 0.433. The molecule has 6 heteroatoms. The molecule has 6 nitrogen and oxygen atoms in total. The topological polar surface area (TPSA) is 71.2 Å². The van der Waals surface area contributed by atoms with Crippen molar-refractivity contribution < 1.29 is 9.53 Å². The highest BCUT2D eigenvalue weighted by molar-refractivity contribution is 5.96. The Labute approximate surface area is 213 Å². The van der Waals surface area contributed by atoms with Crippen molar-refractivity contribution in [3.63, 3.8) is 0 Å². The number of hydrogen-bond donors (Lipinski definition) is 0. The lowest BCUT2D eigenvalue weighted by Gasteiger charge is -2.30. The van der Waals surface area contributed by atoms with Crippen LogP contribution in [0.5, 0.6) is 0 Å². The number of hydrogen-bond acceptors (Lipinski definition) is 4. The summed E-state index contributed by atoms with van der Waals surface area (Å²) >= 11 is 0. The standard InChI is InChI=1S/C30H34N4O2/c1-4-20-18-22(5-2)32-30-29(20)25(19-31)27(12-13-28(35)33(3)23-14-16-36-17-15-23)34(30)26-11-10-21-8-6-7-9-24(21)26/h6-9,12-13,18,23,26H,4-5,10-11,14-17H2,1-3H3. The summed E-state index contributed by atoms with van der Waals surface area (Å²) in [5, 5.41) is 11.3. The van der Waals surface area contributed by atoms with E-state index >= 15 is 0 Å². The number of carbonyl (C=O) groups excluding carboxylic acids is 1. The average Bonchev–Trinajstić information content (AvgIpc) is 3.49. The molecular weight excluding hydrogens is 448 g/mol. The van der Waals surface area contributed by atoms with Crippen LogP contribution in [0.2, 0.25) is 0 Å². The van der Waals surface area contributed by atoms with Crippen molar-refractivity contribution in [3.05, 3.63) is 70.0 Å². The highest BCUT2D eigenvalue weighted by Gasteiger charge is 2.30. The minimum Gasteiger partial charge on any atom is -0.381 e. The Kier molecular flexibility index (Phi) is 6.93. The van der Waals surface area contributed by atoms with E-state index in [-0.39, 0.29) is 18.0 Å². The number of carbonyl (C=O) groups is 1. The number of amides is 1. The maximum absolute atomic E-state index is 13.2. The number of ether oxygens (including phenoxy) is 1. The van der Waals surface area contributed by atoms with Gasteiger partial charge < -0.3 is 14.2 Å². The van der Waals surface area contributed by atoms with Gasteiger partial charge in [0.2, 0.25) is 5.91 Å². The van der Waals surface area contributed by atoms with E-state index in [1.807, 2.05) is 18.0 Å². The first kappa shape index (κ1) is 24.3. The zero-order valence-electron chi connectivity index (χ0n) is 21.5. The number of benzene rings is 1. The van der Waals surface area contributed by atoms with Crippen LogP contribution in [0.15, 0.2) is 36.4 Å². The molecule has 1 atom stereocenters. The van der Waals surface area contributed by atoms with Gasteiger partial charge in [0.1, 0.15) is 11.7 Å². The minimum absolute atomic E-state index is 0.0488. The number of fused-ring (bicyclic) bond motifs is 2. The molecule has 5 rings (SSSR count). The normalized spacial score (nSPS) is 18.0. The quantitative estimate of drug-likeness (QED) is 0.452. The number of rotatable bonds is 6. The van der Waals surface area contributed by atoms with Crippen molar-refractivity contribution in [2.45, 2.75) is 64.5 Å². The van der Waals surface area contributed by atoms with Crippen molar-refractivity contribution in [1.29, 1.82) is 5.26 Å². The van der Waals surface area contributed by atoms with E-state index in [0.717, 1.165) is 66.5 Å². The summed E-state index contributed by atoms with van der Waals surface area (Å²) in [4.78, 5) is 20.0. The van der Waals surface area contributed by atoms with Gasteiger partial charge in [-0.15, -0.1) is 0 Å². The first-order valence-corrected chi connectivity index (χ1v) is 13.1. The van der Waals surface area contributed by atoms with Crippen LogP contribution in [0.1, 0.15) is 72.8 Å². The van der Waals surface area contributed by atoms with Crippen LogP contribution in [-0.2, 0) is 28.8 Å². The van der Waals surface area contributed by atoms with Crippen LogP contribution in [0.3, 0.4) is 0 Å². The molecular formula is C30H34N4O2. The van der Waals surface area contributed by atoms with Crippen molar-refractivity contribution >= 4 is 23.0 Å². The molecule has 1 saturated heterocycles. The molecule has 2 aliphatic rings. The summed E-state index contributed by atoms with van der Waals surface area (Å²) in [5.41, 5.74) is 7.03. The van der Waals surface area contributed by atoms with E-state index in [2.05, 4.69) is 54.8 Å². The van der Waals surface area contributed by atoms with E-state index in [4.69, 9.17) is 9.72 Å². The molecule has 3 aromatic rings. The summed E-state index contributed by atoms with van der Waals surface area (Å²) in [6.07, 6.45) is 8.77. The number of nitriles is 1. The Hall–Kier alpha value is -3.43. The van der Waals surface area contributed by atoms with Crippen molar-refractivity contribution in [3.8, 4) is 6.07 Å². The van der Waals surface area contributed by atoms with Crippen LogP contribution >= 0.6 is 0 Å². The first-order valence-electron chi connectivity index (χ1n) is 13.1. The molecule has 1 fully saturated rings. The second-order valence-corrected chi connectivity index (χ2v) is 9.80. The lowest BCUT2D eigenvalue weighted by atomic mass is 10.0. The third-order valence-electron chi connectivity index (χ3n) is 7.87. The van der Waals surface area contributed by atoms with E-state index in [1.54, 1.807) is 6.08 Å². The van der Waals surface area contributed by atoms with E-state index in [1.165, 1.54) is 11.1 Å². The molecule has 2 aromatic heterocycles. The first-order chi connectivity index (χ1) is 17.6. The summed E-state index contributed by atoms with van der Waals surface area (Å²) in [6.45, 7) is 5.61. The number of aromatic nitrogens is 2. The van der Waals surface area contributed by atoms with Crippen LogP contribution in [-0.4, -0.2) is 46.7 Å². The molecule has 0 bridgehead atoms. The van der Waals surface area contributed by atoms with Crippen molar-refractivity contribution in [1.82, 2.24) is 14.5 Å². The van der Waals surface area contributed by atoms with E-state index in [9.17, 15) is 10.1 Å². The van der Waals surface area contributed by atoms with E-state index in [0.29, 0.717) is 18.8 Å². The van der Waals surface area contributed by atoms with Gasteiger partial charge in [-0.25, -0.2) is 4.98 Å². The van der Waals surface area contributed by atoms with Gasteiger partial charge in [0.25, 0.3) is 0 Å². The highest BCUT2D eigenvalue weighted by atomic mass is 16.5. The fourth-order valence-corrected chi connectivity index (χ4v) is 5.83. The lowest BCUT2D eigenvalue weighted by Crippen LogP contribution is -2.39. The van der Waals surface area contributed by atoms with Gasteiger partial charge >= 0.3 is 0 Å². The Bertz CT molecular complexity index is 1360. The molecule has 3 heterocycles. The molecule has 0 radical (unpaired) electrons. The monoisotopic (exact) mass is 482 g/mol. The molecule has 1 aromatic carbocycles. The highest BCUT2D eigenvalue weighted by Crippen LogP contribution is 2.40. The molecule has 1 aliphatic heterocycles. The molecule has 186 valence electrons. The molecule has 1 amide bonds. The van der Waals surface area contributed by atoms with Gasteiger partial charge in [-0.3, -0.25) is 4.79 Å². The number of pyridine rings is 1. The summed E-state index contributed by atoms with van der Waals surface area (Å²) < 4.78 is 7.70. The van der Waals surface area contributed by atoms with Crippen LogP contribution in [0.25, 0.3) is 17.1 Å². The predicted molar refractivity (Wildman–Crippen MR) is 142 cm³/mol. The molecule has 0 N–H and O–H groups in total. The van der Waals surface area contributed by atoms with Crippen LogP contribution < -0.4 is 0 Å². The van der Waals surface area contributed by atoms with Crippen molar-refractivity contribution in [2.75, 3.05) is 20.3 Å². The average molecular weight is 483 g/mol. The van der Waals surface area contributed by atoms with Gasteiger partial charge in [-0.1, -0.05) is 38.1 Å². The third kappa shape index (κ3) is 4.22. The summed E-state index contributed by atoms with van der Waals surface area (Å²) in [5.74, 6) is -0.0488. The SMILES string of the molecule is CCc1cc(CC)c2c(C#N)c(C=CC(=O)N(C)C3CCOCC3)n(C3CCc4ccccc43)c2n1. The molecule has 0 spiro atoms. The molecule has 1 aliphatic carbocycles. The number of aryl methyl sites for hydroxylation is 3. The second-order valence-electron chi connectivity index (χ2n) is 9.80. The van der Waals surface area contributed by atoms with Crippen molar-refractivity contribution in [2.24, 2.45) is 0 Å². The fourth-order valence-electron chi connectivity index (χ4n) is 5.83. The van der Waals surface area contributed by atoms with E-state index < -0.39 is 0 Å². The Morgan fingerprint density at radius 3 is 2.72 bits per heavy atom. The predicted octanol–water partition coefficient (Wildman–Crippen LogP) is 5.22. The van der Waals surface area contributed by atoms with Crippen LogP contribution in [0, 0.1) is 11.3 Å². The number of nitrogens with zero attached hydrogens (tertiary/aromatic N) is 4. The van der Waals surface area contributed by atoms with Gasteiger partial charge in [0.05, 0.1) is 17.3 Å². The number of likely N-dealkylation sites (N-methyl/N-ethyl adjacent to an activating group) is 1. The zero-order valence-corrected chi connectivity index (χ0v) is 21.5. The second kappa shape index (κ2) is 10.3. The Morgan fingerprint density at radius 1 is 1.22 bits per heavy atom. The largest absolute Gasteiger partial charge is 0.381 e. The molecule has 1 unspecified atom stereocenters. The zero-order chi connectivity index (χ0) is 25.2. The third-order valence-corrected chi connectivity index (χ3v) is 7.87. The van der Waals surface area contributed by atoms with Crippen LogP contribution in [0.4, 0.5) is 0 Å². The van der Waals surface area contributed by atoms with Gasteiger partial charge in [-0.05, 0) is 67.4 Å². The van der Waals surface area contributed by atoms with Gasteiger partial charge in [0.15, 0.2) is 0 Å². The lowest BCUT2D eigenvalue weighted by molar-refractivity contribution is -0.128. The van der Waals surface area contributed by atoms with Gasteiger partial charge in [0, 0.05) is 43.5 Å². The Balaban J connectivity index is 1.66. The molecule has 0 saturated carbocycles. The Morgan fingerprint density at radius 2 is 2.00 bits per heavy atom. The molecule has 36 heavy (non-hydrogen) atoms. The summed E-state index contributed by atoms with van der Waals surface area (Å²) in [6, 6.07) is 13.4. The maximum Gasteiger partial charge on any atom is 0.246 e. The minimum atomic E-state index is -0.0488.